The van der Waals surface area contributed by atoms with Crippen molar-refractivity contribution in [1.29, 1.82) is 0 Å². The second-order valence-electron chi connectivity index (χ2n) is 5.88. The number of nitrogens with one attached hydrogen (secondary N) is 1. The zero-order chi connectivity index (χ0) is 16.3. The van der Waals surface area contributed by atoms with Crippen LogP contribution in [0.5, 0.6) is 0 Å². The summed E-state index contributed by atoms with van der Waals surface area (Å²) in [6.45, 7) is 0.874. The molecule has 7 heteroatoms. The Morgan fingerprint density at radius 3 is 2.73 bits per heavy atom. The van der Waals surface area contributed by atoms with E-state index in [1.54, 1.807) is 6.07 Å². The third-order valence-electron chi connectivity index (χ3n) is 3.81. The highest BCUT2D eigenvalue weighted by Gasteiger charge is 2.27. The molecule has 1 N–H and O–H groups in total. The van der Waals surface area contributed by atoms with Gasteiger partial charge in [-0.15, -0.1) is 0 Å². The van der Waals surface area contributed by atoms with Gasteiger partial charge in [-0.2, -0.15) is 0 Å². The van der Waals surface area contributed by atoms with Gasteiger partial charge in [0.25, 0.3) is 5.91 Å². The minimum Gasteiger partial charge on any atom is -0.378 e. The number of benzene rings is 1. The van der Waals surface area contributed by atoms with Gasteiger partial charge in [-0.25, -0.2) is 12.7 Å². The van der Waals surface area contributed by atoms with Crippen molar-refractivity contribution >= 4 is 21.6 Å². The van der Waals surface area contributed by atoms with E-state index < -0.39 is 10.0 Å². The normalized spacial score (nSPS) is 19.7. The average Bonchev–Trinajstić information content (AvgIpc) is 2.46. The van der Waals surface area contributed by atoms with Crippen LogP contribution in [0.2, 0.25) is 0 Å². The Morgan fingerprint density at radius 2 is 2.09 bits per heavy atom. The molecule has 2 rings (SSSR count). The zero-order valence-corrected chi connectivity index (χ0v) is 14.1. The van der Waals surface area contributed by atoms with Gasteiger partial charge in [0.1, 0.15) is 0 Å². The first kappa shape index (κ1) is 16.8. The number of sulfonamides is 1. The Morgan fingerprint density at radius 1 is 1.36 bits per heavy atom. The Hall–Kier alpha value is -1.60. The number of anilines is 1. The van der Waals surface area contributed by atoms with Gasteiger partial charge in [-0.3, -0.25) is 4.79 Å². The summed E-state index contributed by atoms with van der Waals surface area (Å²) < 4.78 is 24.7. The number of amides is 1. The van der Waals surface area contributed by atoms with Crippen LogP contribution in [0, 0.1) is 0 Å². The van der Waals surface area contributed by atoms with Crippen LogP contribution in [0.1, 0.15) is 23.2 Å². The fourth-order valence-corrected chi connectivity index (χ4v) is 3.47. The number of hydrogen-bond acceptors (Lipinski definition) is 4. The van der Waals surface area contributed by atoms with Gasteiger partial charge in [-0.1, -0.05) is 6.07 Å². The van der Waals surface area contributed by atoms with Gasteiger partial charge in [0.15, 0.2) is 0 Å². The quantitative estimate of drug-likeness (QED) is 0.893. The predicted octanol–water partition coefficient (Wildman–Crippen LogP) is 0.906. The standard InChI is InChI=1S/C15H23N3O3S/c1-17(2)14-8-4-6-12(10-14)15(19)16-13-7-5-9-18(11-13)22(3,20)21/h4,6,8,10,13H,5,7,9,11H2,1-3H3,(H,16,19)/t13-/m1/s1. The summed E-state index contributed by atoms with van der Waals surface area (Å²) >= 11 is 0. The fourth-order valence-electron chi connectivity index (χ4n) is 2.56. The molecule has 122 valence electrons. The van der Waals surface area contributed by atoms with Crippen LogP contribution in [0.15, 0.2) is 24.3 Å². The number of nitrogens with zero attached hydrogens (tertiary/aromatic N) is 2. The van der Waals surface area contributed by atoms with E-state index in [0.717, 1.165) is 18.5 Å². The molecule has 6 nitrogen and oxygen atoms in total. The zero-order valence-electron chi connectivity index (χ0n) is 13.2. The molecular formula is C15H23N3O3S. The van der Waals surface area contributed by atoms with Crippen molar-refractivity contribution in [3.8, 4) is 0 Å². The first-order chi connectivity index (χ1) is 10.3. The molecule has 0 radical (unpaired) electrons. The van der Waals surface area contributed by atoms with Crippen LogP contribution in [-0.4, -0.2) is 58.1 Å². The number of piperidine rings is 1. The molecule has 1 amide bonds. The number of carbonyl (C=O) groups excluding carboxylic acids is 1. The maximum atomic E-state index is 12.3. The van der Waals surface area contributed by atoms with Crippen molar-refractivity contribution in [2.24, 2.45) is 0 Å². The molecule has 0 saturated carbocycles. The van der Waals surface area contributed by atoms with E-state index in [9.17, 15) is 13.2 Å². The lowest BCUT2D eigenvalue weighted by Crippen LogP contribution is -2.49. The average molecular weight is 325 g/mol. The third kappa shape index (κ3) is 4.20. The maximum Gasteiger partial charge on any atom is 0.251 e. The molecule has 0 aromatic heterocycles. The van der Waals surface area contributed by atoms with Crippen molar-refractivity contribution in [3.63, 3.8) is 0 Å². The fraction of sp³-hybridized carbons (Fsp3) is 0.533. The van der Waals surface area contributed by atoms with Crippen molar-refractivity contribution in [2.75, 3.05) is 38.3 Å². The van der Waals surface area contributed by atoms with E-state index in [1.807, 2.05) is 37.2 Å². The lowest BCUT2D eigenvalue weighted by molar-refractivity contribution is 0.0921. The molecule has 0 unspecified atom stereocenters. The summed E-state index contributed by atoms with van der Waals surface area (Å²) in [6.07, 6.45) is 2.76. The second kappa shape index (κ2) is 6.66. The second-order valence-corrected chi connectivity index (χ2v) is 7.86. The maximum absolute atomic E-state index is 12.3. The third-order valence-corrected chi connectivity index (χ3v) is 5.08. The lowest BCUT2D eigenvalue weighted by atomic mass is 10.1. The molecule has 1 fully saturated rings. The van der Waals surface area contributed by atoms with Gasteiger partial charge in [0, 0.05) is 44.5 Å². The number of rotatable bonds is 4. The van der Waals surface area contributed by atoms with Crippen molar-refractivity contribution in [2.45, 2.75) is 18.9 Å². The highest BCUT2D eigenvalue weighted by Crippen LogP contribution is 2.16. The van der Waals surface area contributed by atoms with Gasteiger partial charge in [0.2, 0.25) is 10.0 Å². The van der Waals surface area contributed by atoms with Crippen molar-refractivity contribution < 1.29 is 13.2 Å². The van der Waals surface area contributed by atoms with Crippen molar-refractivity contribution in [1.82, 2.24) is 9.62 Å². The van der Waals surface area contributed by atoms with E-state index in [1.165, 1.54) is 10.6 Å². The van der Waals surface area contributed by atoms with E-state index in [-0.39, 0.29) is 11.9 Å². The molecule has 0 aliphatic carbocycles. The monoisotopic (exact) mass is 325 g/mol. The molecule has 0 spiro atoms. The van der Waals surface area contributed by atoms with E-state index in [4.69, 9.17) is 0 Å². The molecule has 1 aromatic rings. The first-order valence-electron chi connectivity index (χ1n) is 7.31. The van der Waals surface area contributed by atoms with Gasteiger partial charge < -0.3 is 10.2 Å². The van der Waals surface area contributed by atoms with Crippen LogP contribution < -0.4 is 10.2 Å². The van der Waals surface area contributed by atoms with Crippen molar-refractivity contribution in [3.05, 3.63) is 29.8 Å². The highest BCUT2D eigenvalue weighted by atomic mass is 32.2. The highest BCUT2D eigenvalue weighted by molar-refractivity contribution is 7.88. The number of carbonyl (C=O) groups is 1. The van der Waals surface area contributed by atoms with Crippen LogP contribution in [0.3, 0.4) is 0 Å². The van der Waals surface area contributed by atoms with Gasteiger partial charge >= 0.3 is 0 Å². The summed E-state index contributed by atoms with van der Waals surface area (Å²) in [5.74, 6) is -0.163. The number of hydrogen-bond donors (Lipinski definition) is 1. The molecule has 1 aromatic carbocycles. The lowest BCUT2D eigenvalue weighted by Gasteiger charge is -2.31. The molecule has 0 bridgehead atoms. The topological polar surface area (TPSA) is 69.7 Å². The Balaban J connectivity index is 2.04. The summed E-state index contributed by atoms with van der Waals surface area (Å²) in [7, 11) is 0.636. The predicted molar refractivity (Wildman–Crippen MR) is 87.7 cm³/mol. The summed E-state index contributed by atoms with van der Waals surface area (Å²) in [4.78, 5) is 14.3. The van der Waals surface area contributed by atoms with Gasteiger partial charge in [0.05, 0.1) is 6.26 Å². The summed E-state index contributed by atoms with van der Waals surface area (Å²) in [5.41, 5.74) is 1.54. The smallest absolute Gasteiger partial charge is 0.251 e. The molecule has 1 heterocycles. The SMILES string of the molecule is CN(C)c1cccc(C(=O)N[C@@H]2CCCN(S(C)(=O)=O)C2)c1. The molecule has 1 saturated heterocycles. The van der Waals surface area contributed by atoms with Gasteiger partial charge in [-0.05, 0) is 31.0 Å². The Labute approximate surface area is 132 Å². The summed E-state index contributed by atoms with van der Waals surface area (Å²) in [6, 6.07) is 7.22. The molecule has 1 aliphatic rings. The molecular weight excluding hydrogens is 302 g/mol. The van der Waals surface area contributed by atoms with Crippen LogP contribution in [-0.2, 0) is 10.0 Å². The van der Waals surface area contributed by atoms with E-state index >= 15 is 0 Å². The van der Waals surface area contributed by atoms with Crippen LogP contribution in [0.4, 0.5) is 5.69 Å². The minimum absolute atomic E-state index is 0.140. The molecule has 1 atom stereocenters. The Bertz CT molecular complexity index is 643. The largest absolute Gasteiger partial charge is 0.378 e. The van der Waals surface area contributed by atoms with E-state index in [0.29, 0.717) is 18.7 Å². The first-order valence-corrected chi connectivity index (χ1v) is 9.15. The van der Waals surface area contributed by atoms with E-state index in [2.05, 4.69) is 5.32 Å². The summed E-state index contributed by atoms with van der Waals surface area (Å²) in [5, 5.41) is 2.94. The van der Waals surface area contributed by atoms with Crippen LogP contribution in [0.25, 0.3) is 0 Å². The molecule has 22 heavy (non-hydrogen) atoms. The minimum atomic E-state index is -3.20. The molecule has 1 aliphatic heterocycles. The van der Waals surface area contributed by atoms with Crippen LogP contribution >= 0.6 is 0 Å². The Kier molecular flexibility index (Phi) is 5.08.